The minimum Gasteiger partial charge on any atom is -0.377 e. The Bertz CT molecular complexity index is 559. The summed E-state index contributed by atoms with van der Waals surface area (Å²) >= 11 is 0. The number of anilines is 1. The number of carbonyl (C=O) groups is 1. The van der Waals surface area contributed by atoms with Gasteiger partial charge < -0.3 is 15.0 Å². The van der Waals surface area contributed by atoms with E-state index >= 15 is 0 Å². The standard InChI is InChI=1S/C17H23F3N2O2/c1-12(24-2)13-5-3-6-14(11-13)21-16(23)22(15-7-4-8-15)10-9-17(18,19)20/h3,5-6,11-12,15H,4,7-10H2,1-2H3,(H,21,23)/t12-/m1/s1. The first kappa shape index (κ1) is 18.6. The van der Waals surface area contributed by atoms with Gasteiger partial charge in [0.2, 0.25) is 0 Å². The molecule has 1 fully saturated rings. The maximum absolute atomic E-state index is 12.5. The van der Waals surface area contributed by atoms with Gasteiger partial charge in [0.25, 0.3) is 0 Å². The quantitative estimate of drug-likeness (QED) is 0.810. The summed E-state index contributed by atoms with van der Waals surface area (Å²) < 4.78 is 42.7. The summed E-state index contributed by atoms with van der Waals surface area (Å²) in [5.74, 6) is 0. The van der Waals surface area contributed by atoms with Crippen molar-refractivity contribution in [3.05, 3.63) is 29.8 Å². The first-order valence-electron chi connectivity index (χ1n) is 8.07. The van der Waals surface area contributed by atoms with Crippen LogP contribution in [0.25, 0.3) is 0 Å². The van der Waals surface area contributed by atoms with E-state index in [1.54, 1.807) is 25.3 Å². The molecule has 0 bridgehead atoms. The highest BCUT2D eigenvalue weighted by Gasteiger charge is 2.34. The van der Waals surface area contributed by atoms with Crippen LogP contribution in [-0.2, 0) is 4.74 Å². The molecule has 1 N–H and O–H groups in total. The molecule has 1 aliphatic carbocycles. The largest absolute Gasteiger partial charge is 0.390 e. The third-order valence-electron chi connectivity index (χ3n) is 4.37. The van der Waals surface area contributed by atoms with Crippen LogP contribution in [0.1, 0.15) is 44.3 Å². The van der Waals surface area contributed by atoms with Gasteiger partial charge in [-0.05, 0) is 43.9 Å². The van der Waals surface area contributed by atoms with Gasteiger partial charge in [0, 0.05) is 25.4 Å². The van der Waals surface area contributed by atoms with E-state index in [4.69, 9.17) is 4.74 Å². The van der Waals surface area contributed by atoms with E-state index in [9.17, 15) is 18.0 Å². The minimum absolute atomic E-state index is 0.103. The number of methoxy groups -OCH3 is 1. The molecule has 0 aromatic heterocycles. The lowest BCUT2D eigenvalue weighted by molar-refractivity contribution is -0.137. The van der Waals surface area contributed by atoms with Gasteiger partial charge in [0.1, 0.15) is 0 Å². The van der Waals surface area contributed by atoms with Crippen LogP contribution in [0, 0.1) is 0 Å². The molecule has 1 aromatic rings. The zero-order valence-corrected chi connectivity index (χ0v) is 13.9. The Balaban J connectivity index is 2.04. The SMILES string of the molecule is CO[C@H](C)c1cccc(NC(=O)N(CCC(F)(F)F)C2CCC2)c1. The van der Waals surface area contributed by atoms with Crippen molar-refractivity contribution in [3.8, 4) is 0 Å². The summed E-state index contributed by atoms with van der Waals surface area (Å²) in [5, 5.41) is 2.71. The number of alkyl halides is 3. The number of benzene rings is 1. The Kier molecular flexibility index (Phi) is 6.10. The zero-order valence-electron chi connectivity index (χ0n) is 13.9. The normalized spacial score (nSPS) is 16.4. The topological polar surface area (TPSA) is 41.6 Å². The number of halogens is 3. The first-order valence-corrected chi connectivity index (χ1v) is 8.07. The van der Waals surface area contributed by atoms with Crippen molar-refractivity contribution in [1.29, 1.82) is 0 Å². The summed E-state index contributed by atoms with van der Waals surface area (Å²) in [6.07, 6.45) is -2.93. The molecule has 1 atom stereocenters. The fraction of sp³-hybridized carbons (Fsp3) is 0.588. The van der Waals surface area contributed by atoms with E-state index in [2.05, 4.69) is 5.32 Å². The molecule has 134 valence electrons. The molecule has 1 saturated carbocycles. The summed E-state index contributed by atoms with van der Waals surface area (Å²) in [6, 6.07) is 6.56. The number of hydrogen-bond acceptors (Lipinski definition) is 2. The lowest BCUT2D eigenvalue weighted by Crippen LogP contribution is -2.47. The Labute approximate surface area is 140 Å². The Morgan fingerprint density at radius 1 is 1.42 bits per heavy atom. The number of hydrogen-bond donors (Lipinski definition) is 1. The van der Waals surface area contributed by atoms with Crippen LogP contribution in [0.4, 0.5) is 23.7 Å². The molecule has 24 heavy (non-hydrogen) atoms. The van der Waals surface area contributed by atoms with Gasteiger partial charge in [0.15, 0.2) is 0 Å². The fourth-order valence-corrected chi connectivity index (χ4v) is 2.60. The van der Waals surface area contributed by atoms with Gasteiger partial charge in [0.05, 0.1) is 12.5 Å². The second-order valence-electron chi connectivity index (χ2n) is 6.08. The zero-order chi connectivity index (χ0) is 17.7. The molecule has 0 spiro atoms. The summed E-state index contributed by atoms with van der Waals surface area (Å²) in [5.41, 5.74) is 1.44. The van der Waals surface area contributed by atoms with Crippen LogP contribution in [0.2, 0.25) is 0 Å². The molecule has 4 nitrogen and oxygen atoms in total. The molecule has 0 unspecified atom stereocenters. The monoisotopic (exact) mass is 344 g/mol. The molecular formula is C17H23F3N2O2. The molecule has 2 amide bonds. The number of nitrogens with one attached hydrogen (secondary N) is 1. The molecule has 0 radical (unpaired) electrons. The lowest BCUT2D eigenvalue weighted by atomic mass is 9.91. The molecule has 1 aliphatic rings. The van der Waals surface area contributed by atoms with Gasteiger partial charge in [-0.3, -0.25) is 0 Å². The van der Waals surface area contributed by atoms with Gasteiger partial charge in [-0.25, -0.2) is 4.79 Å². The summed E-state index contributed by atoms with van der Waals surface area (Å²) in [7, 11) is 1.59. The molecule has 0 heterocycles. The van der Waals surface area contributed by atoms with Crippen molar-refractivity contribution in [3.63, 3.8) is 0 Å². The molecule has 0 saturated heterocycles. The average Bonchev–Trinajstić information content (AvgIpc) is 2.47. The van der Waals surface area contributed by atoms with Crippen molar-refractivity contribution in [2.75, 3.05) is 19.0 Å². The number of nitrogens with zero attached hydrogens (tertiary/aromatic N) is 1. The molecule has 2 rings (SSSR count). The van der Waals surface area contributed by atoms with E-state index < -0.39 is 18.6 Å². The number of ether oxygens (including phenoxy) is 1. The number of urea groups is 1. The third kappa shape index (κ3) is 5.12. The predicted molar refractivity (Wildman–Crippen MR) is 85.9 cm³/mol. The van der Waals surface area contributed by atoms with Crippen LogP contribution in [-0.4, -0.2) is 36.8 Å². The lowest BCUT2D eigenvalue weighted by Gasteiger charge is -2.37. The summed E-state index contributed by atoms with van der Waals surface area (Å²) in [4.78, 5) is 13.7. The summed E-state index contributed by atoms with van der Waals surface area (Å²) in [6.45, 7) is 1.57. The van der Waals surface area contributed by atoms with Crippen molar-refractivity contribution >= 4 is 11.7 Å². The highest BCUT2D eigenvalue weighted by molar-refractivity contribution is 5.89. The van der Waals surface area contributed by atoms with Gasteiger partial charge in [-0.2, -0.15) is 13.2 Å². The number of rotatable bonds is 6. The third-order valence-corrected chi connectivity index (χ3v) is 4.37. The van der Waals surface area contributed by atoms with Crippen LogP contribution >= 0.6 is 0 Å². The van der Waals surface area contributed by atoms with E-state index in [1.165, 1.54) is 4.90 Å². The fourth-order valence-electron chi connectivity index (χ4n) is 2.60. The van der Waals surface area contributed by atoms with E-state index in [0.29, 0.717) is 5.69 Å². The Hall–Kier alpha value is -1.76. The van der Waals surface area contributed by atoms with Crippen molar-refractivity contribution in [2.24, 2.45) is 0 Å². The molecular weight excluding hydrogens is 321 g/mol. The van der Waals surface area contributed by atoms with Gasteiger partial charge >= 0.3 is 12.2 Å². The van der Waals surface area contributed by atoms with Crippen molar-refractivity contribution in [1.82, 2.24) is 4.90 Å². The van der Waals surface area contributed by atoms with Gasteiger partial charge in [-0.1, -0.05) is 12.1 Å². The number of amides is 2. The highest BCUT2D eigenvalue weighted by atomic mass is 19.4. The Morgan fingerprint density at radius 2 is 2.12 bits per heavy atom. The van der Waals surface area contributed by atoms with E-state index in [-0.39, 0.29) is 18.7 Å². The average molecular weight is 344 g/mol. The van der Waals surface area contributed by atoms with E-state index in [0.717, 1.165) is 24.8 Å². The van der Waals surface area contributed by atoms with Crippen molar-refractivity contribution < 1.29 is 22.7 Å². The second-order valence-corrected chi connectivity index (χ2v) is 6.08. The Morgan fingerprint density at radius 3 is 2.67 bits per heavy atom. The maximum Gasteiger partial charge on any atom is 0.390 e. The van der Waals surface area contributed by atoms with E-state index in [1.807, 2.05) is 13.0 Å². The van der Waals surface area contributed by atoms with Crippen LogP contribution in [0.5, 0.6) is 0 Å². The van der Waals surface area contributed by atoms with Crippen LogP contribution in [0.3, 0.4) is 0 Å². The second kappa shape index (κ2) is 7.88. The smallest absolute Gasteiger partial charge is 0.377 e. The molecule has 1 aromatic carbocycles. The predicted octanol–water partition coefficient (Wildman–Crippen LogP) is 4.73. The first-order chi connectivity index (χ1) is 11.3. The molecule has 7 heteroatoms. The highest BCUT2D eigenvalue weighted by Crippen LogP contribution is 2.28. The molecule has 0 aliphatic heterocycles. The minimum atomic E-state index is -4.27. The van der Waals surface area contributed by atoms with Gasteiger partial charge in [-0.15, -0.1) is 0 Å². The van der Waals surface area contributed by atoms with Crippen LogP contribution < -0.4 is 5.32 Å². The number of carbonyl (C=O) groups excluding carboxylic acids is 1. The maximum atomic E-state index is 12.5. The van der Waals surface area contributed by atoms with Crippen molar-refractivity contribution in [2.45, 2.75) is 50.9 Å². The van der Waals surface area contributed by atoms with Crippen LogP contribution in [0.15, 0.2) is 24.3 Å².